The monoisotopic (exact) mass is 378 g/mol. The van der Waals surface area contributed by atoms with Crippen LogP contribution >= 0.6 is 23.2 Å². The van der Waals surface area contributed by atoms with E-state index < -0.39 is 22.7 Å². The molecule has 1 saturated carbocycles. The molecule has 0 bridgehead atoms. The van der Waals surface area contributed by atoms with E-state index in [9.17, 15) is 10.5 Å². The minimum absolute atomic E-state index is 0.0134. The third kappa shape index (κ3) is 1.89. The van der Waals surface area contributed by atoms with E-state index in [-0.39, 0.29) is 24.1 Å². The molecular weight excluding hydrogens is 363 g/mol. The van der Waals surface area contributed by atoms with Crippen LogP contribution in [-0.2, 0) is 9.47 Å². The zero-order valence-electron chi connectivity index (χ0n) is 13.7. The van der Waals surface area contributed by atoms with Crippen LogP contribution in [0.4, 0.5) is 0 Å². The summed E-state index contributed by atoms with van der Waals surface area (Å²) in [6, 6.07) is 9.48. The molecule has 8 heteroatoms. The molecule has 1 aromatic carbocycles. The lowest BCUT2D eigenvalue weighted by molar-refractivity contribution is -0.255. The van der Waals surface area contributed by atoms with Crippen molar-refractivity contribution in [1.29, 1.82) is 10.5 Å². The lowest BCUT2D eigenvalue weighted by Crippen LogP contribution is -2.43. The van der Waals surface area contributed by atoms with Gasteiger partial charge >= 0.3 is 0 Å². The molecule has 1 heterocycles. The lowest BCUT2D eigenvalue weighted by atomic mass is 9.93. The molecule has 1 fully saturated rings. The number of nitrogens with zero attached hydrogens (tertiary/aromatic N) is 3. The zero-order valence-corrected chi connectivity index (χ0v) is 15.2. The molecule has 0 unspecified atom stereocenters. The average Bonchev–Trinajstić information content (AvgIpc) is 3.16. The molecule has 0 saturated heterocycles. The van der Waals surface area contributed by atoms with Gasteiger partial charge < -0.3 is 15.2 Å². The largest absolute Gasteiger partial charge is 0.386 e. The number of halogens is 2. The van der Waals surface area contributed by atoms with Crippen LogP contribution in [0.1, 0.15) is 25.3 Å². The number of aliphatic imine (C=N–C) groups is 1. The van der Waals surface area contributed by atoms with Crippen molar-refractivity contribution in [1.82, 2.24) is 0 Å². The van der Waals surface area contributed by atoms with Gasteiger partial charge in [-0.3, -0.25) is 0 Å². The van der Waals surface area contributed by atoms with Crippen LogP contribution in [0.2, 0.25) is 10.0 Å². The molecule has 1 aliphatic carbocycles. The number of benzene rings is 1. The summed E-state index contributed by atoms with van der Waals surface area (Å²) >= 11 is 12.5. The van der Waals surface area contributed by atoms with Crippen molar-refractivity contribution in [2.75, 3.05) is 13.2 Å². The Morgan fingerprint density at radius 2 is 1.84 bits per heavy atom. The van der Waals surface area contributed by atoms with E-state index in [1.807, 2.05) is 0 Å². The Morgan fingerprint density at radius 3 is 2.36 bits per heavy atom. The Hall–Kier alpha value is -1.83. The molecule has 0 radical (unpaired) electrons. The highest BCUT2D eigenvalue weighted by atomic mass is 35.5. The number of nitriles is 2. The summed E-state index contributed by atoms with van der Waals surface area (Å²) < 4.78 is 11.5. The van der Waals surface area contributed by atoms with Crippen LogP contribution in [-0.4, -0.2) is 25.0 Å². The fourth-order valence-corrected chi connectivity index (χ4v) is 4.38. The molecule has 0 aromatic heterocycles. The van der Waals surface area contributed by atoms with Gasteiger partial charge in [-0.25, -0.2) is 4.99 Å². The second kappa shape index (κ2) is 5.86. The second-order valence-corrected chi connectivity index (χ2v) is 6.65. The van der Waals surface area contributed by atoms with Gasteiger partial charge in [0, 0.05) is 19.1 Å². The normalized spacial score (nSPS) is 31.6. The van der Waals surface area contributed by atoms with Gasteiger partial charge in [0.1, 0.15) is 11.3 Å². The zero-order chi connectivity index (χ0) is 18.5. The van der Waals surface area contributed by atoms with E-state index in [0.29, 0.717) is 10.6 Å². The van der Waals surface area contributed by atoms with Crippen LogP contribution < -0.4 is 5.73 Å². The maximum atomic E-state index is 10.1. The molecule has 2 aliphatic rings. The number of amidine groups is 1. The van der Waals surface area contributed by atoms with Gasteiger partial charge in [0.05, 0.1) is 22.2 Å². The third-order valence-corrected chi connectivity index (χ3v) is 5.73. The average molecular weight is 379 g/mol. The lowest BCUT2D eigenvalue weighted by Gasteiger charge is -2.31. The Morgan fingerprint density at radius 1 is 1.20 bits per heavy atom. The maximum Gasteiger partial charge on any atom is 0.293 e. The van der Waals surface area contributed by atoms with Crippen LogP contribution in [0.3, 0.4) is 0 Å². The third-order valence-electron chi connectivity index (χ3n) is 4.90. The first-order valence-electron chi connectivity index (χ1n) is 7.82. The van der Waals surface area contributed by atoms with Gasteiger partial charge in [0.25, 0.3) is 5.91 Å². The number of nitrogens with two attached hydrogens (primary N) is 1. The molecular formula is C17H16Cl2N4O2. The van der Waals surface area contributed by atoms with Gasteiger partial charge in [-0.15, -0.1) is 0 Å². The number of rotatable bonds is 5. The predicted octanol–water partition coefficient (Wildman–Crippen LogP) is 3.21. The summed E-state index contributed by atoms with van der Waals surface area (Å²) in [5, 5.41) is 20.7. The molecule has 0 spiro atoms. The van der Waals surface area contributed by atoms with Crippen LogP contribution in [0, 0.1) is 33.5 Å². The van der Waals surface area contributed by atoms with Gasteiger partial charge in [0.15, 0.2) is 5.41 Å². The highest BCUT2D eigenvalue weighted by Crippen LogP contribution is 2.82. The van der Waals surface area contributed by atoms with E-state index in [4.69, 9.17) is 38.4 Å². The minimum atomic E-state index is -1.65. The number of hydrogen-bond donors (Lipinski definition) is 1. The number of fused-ring (bicyclic) bond motifs is 1. The quantitative estimate of drug-likeness (QED) is 0.791. The number of hydrogen-bond acceptors (Lipinski definition) is 6. The highest BCUT2D eigenvalue weighted by Gasteiger charge is 2.94. The first-order valence-corrected chi connectivity index (χ1v) is 8.58. The summed E-state index contributed by atoms with van der Waals surface area (Å²) in [5.41, 5.74) is 3.87. The fraction of sp³-hybridized carbons (Fsp3) is 0.471. The molecule has 25 heavy (non-hydrogen) atoms. The van der Waals surface area contributed by atoms with Crippen molar-refractivity contribution in [2.24, 2.45) is 21.6 Å². The van der Waals surface area contributed by atoms with Crippen molar-refractivity contribution in [3.05, 3.63) is 33.8 Å². The standard InChI is InChI=1S/C17H16Cl2N4O2/c1-3-24-17(25-4-2)16(9-21)13(15(16,8-20)14(22)23-17)10-6-5-7-11(18)12(10)19/h5-7,13H,3-4H2,1-2H3,(H2,22,23)/t13-,15-,16+/m0/s1. The highest BCUT2D eigenvalue weighted by molar-refractivity contribution is 6.42. The minimum Gasteiger partial charge on any atom is -0.386 e. The first kappa shape index (κ1) is 18.0. The SMILES string of the molecule is CCOC1(OCC)N=C(N)[C@]2(C#N)[C@H](c3cccc(Cl)c3Cl)[C@@]12C#N. The van der Waals surface area contributed by atoms with E-state index in [2.05, 4.69) is 17.1 Å². The van der Waals surface area contributed by atoms with E-state index in [0.717, 1.165) is 0 Å². The van der Waals surface area contributed by atoms with Gasteiger partial charge in [-0.1, -0.05) is 35.3 Å². The summed E-state index contributed by atoms with van der Waals surface area (Å²) in [5.74, 6) is -2.29. The van der Waals surface area contributed by atoms with Gasteiger partial charge in [-0.05, 0) is 25.5 Å². The maximum absolute atomic E-state index is 10.1. The van der Waals surface area contributed by atoms with E-state index >= 15 is 0 Å². The molecule has 1 aliphatic heterocycles. The summed E-state index contributed by atoms with van der Waals surface area (Å²) in [4.78, 5) is 4.27. The summed E-state index contributed by atoms with van der Waals surface area (Å²) in [6.07, 6.45) is 0. The Labute approximate surface area is 155 Å². The van der Waals surface area contributed by atoms with Crippen LogP contribution in [0.5, 0.6) is 0 Å². The van der Waals surface area contributed by atoms with Gasteiger partial charge in [0.2, 0.25) is 0 Å². The topological polar surface area (TPSA) is 104 Å². The summed E-state index contributed by atoms with van der Waals surface area (Å²) in [6.45, 7) is 3.98. The van der Waals surface area contributed by atoms with Crippen LogP contribution in [0.15, 0.2) is 23.2 Å². The van der Waals surface area contributed by atoms with Crippen LogP contribution in [0.25, 0.3) is 0 Å². The molecule has 130 valence electrons. The Balaban J connectivity index is 2.27. The fourth-order valence-electron chi connectivity index (χ4n) is 3.96. The van der Waals surface area contributed by atoms with E-state index in [1.165, 1.54) is 0 Å². The van der Waals surface area contributed by atoms with Crippen molar-refractivity contribution < 1.29 is 9.47 Å². The Bertz CT molecular complexity index is 838. The van der Waals surface area contributed by atoms with E-state index in [1.54, 1.807) is 32.0 Å². The Kier molecular flexibility index (Phi) is 4.21. The summed E-state index contributed by atoms with van der Waals surface area (Å²) in [7, 11) is 0. The van der Waals surface area contributed by atoms with Crippen molar-refractivity contribution in [3.8, 4) is 12.1 Å². The first-order chi connectivity index (χ1) is 11.9. The predicted molar refractivity (Wildman–Crippen MR) is 92.9 cm³/mol. The molecule has 3 atom stereocenters. The van der Waals surface area contributed by atoms with Crippen molar-refractivity contribution in [2.45, 2.75) is 25.7 Å². The van der Waals surface area contributed by atoms with Gasteiger partial charge in [-0.2, -0.15) is 10.5 Å². The smallest absolute Gasteiger partial charge is 0.293 e. The molecule has 3 rings (SSSR count). The molecule has 2 N–H and O–H groups in total. The number of ether oxygens (including phenoxy) is 2. The second-order valence-electron chi connectivity index (χ2n) is 5.86. The molecule has 1 aromatic rings. The van der Waals surface area contributed by atoms with Crippen molar-refractivity contribution in [3.63, 3.8) is 0 Å². The molecule has 6 nitrogen and oxygen atoms in total. The molecule has 0 amide bonds. The van der Waals surface area contributed by atoms with Crippen molar-refractivity contribution >= 4 is 29.0 Å².